The molecule has 192 valence electrons. The number of anilines is 1. The molecule has 0 saturated carbocycles. The predicted molar refractivity (Wildman–Crippen MR) is 137 cm³/mol. The first kappa shape index (κ1) is 28.6. The van der Waals surface area contributed by atoms with Crippen molar-refractivity contribution in [3.63, 3.8) is 0 Å². The van der Waals surface area contributed by atoms with E-state index < -0.39 is 34.3 Å². The summed E-state index contributed by atoms with van der Waals surface area (Å²) in [5, 5.41) is 2.61. The number of nitrogens with one attached hydrogen (secondary N) is 1. The zero-order valence-corrected chi connectivity index (χ0v) is 22.3. The third-order valence-corrected chi connectivity index (χ3v) is 6.97. The summed E-state index contributed by atoms with van der Waals surface area (Å²) in [6.45, 7) is 7.64. The molecule has 2 aromatic rings. The minimum atomic E-state index is -3.93. The highest BCUT2D eigenvalue weighted by Crippen LogP contribution is 2.25. The quantitative estimate of drug-likeness (QED) is 0.478. The first-order chi connectivity index (χ1) is 16.3. The highest BCUT2D eigenvalue weighted by Gasteiger charge is 2.32. The molecule has 1 atom stereocenters. The summed E-state index contributed by atoms with van der Waals surface area (Å²) in [4.78, 5) is 28.1. The van der Waals surface area contributed by atoms with Gasteiger partial charge in [-0.25, -0.2) is 12.8 Å². The molecule has 2 rings (SSSR count). The predicted octanol–water partition coefficient (Wildman–Crippen LogP) is 4.13. The Labute approximate surface area is 212 Å². The topological polar surface area (TPSA) is 86.8 Å². The number of sulfonamides is 1. The third-order valence-electron chi connectivity index (χ3n) is 5.54. The fourth-order valence-corrected chi connectivity index (χ4v) is 4.58. The monoisotopic (exact) mass is 525 g/mol. The van der Waals surface area contributed by atoms with E-state index in [1.807, 2.05) is 45.0 Å². The van der Waals surface area contributed by atoms with E-state index in [9.17, 15) is 22.4 Å². The normalized spacial score (nSPS) is 12.3. The maximum absolute atomic E-state index is 13.7. The van der Waals surface area contributed by atoms with Gasteiger partial charge in [0.1, 0.15) is 18.4 Å². The van der Waals surface area contributed by atoms with Gasteiger partial charge in [0.15, 0.2) is 0 Å². The molecule has 0 aromatic heterocycles. The van der Waals surface area contributed by atoms with Gasteiger partial charge in [0.2, 0.25) is 21.8 Å². The van der Waals surface area contributed by atoms with Crippen LogP contribution in [0.3, 0.4) is 0 Å². The molecule has 2 amide bonds. The fraction of sp³-hybridized carbons (Fsp3) is 0.440. The van der Waals surface area contributed by atoms with Crippen LogP contribution < -0.4 is 9.62 Å². The standard InChI is InChI=1S/C25H33ClFN3O4S/c1-6-23(25(32)28-14-17(2)3)29(15-19-10-8-7-9-18(19)4)24(31)16-30(35(5,33)34)20-11-12-22(27)21(26)13-20/h7-13,17,23H,6,14-16H2,1-5H3,(H,28,32)/t23-/m1/s1. The first-order valence-corrected chi connectivity index (χ1v) is 13.6. The van der Waals surface area contributed by atoms with Gasteiger partial charge < -0.3 is 10.2 Å². The number of carbonyl (C=O) groups excluding carboxylic acids is 2. The van der Waals surface area contributed by atoms with E-state index in [1.165, 1.54) is 11.0 Å². The van der Waals surface area contributed by atoms with Crippen LogP contribution in [0.5, 0.6) is 0 Å². The van der Waals surface area contributed by atoms with Gasteiger partial charge in [-0.1, -0.05) is 56.6 Å². The maximum Gasteiger partial charge on any atom is 0.244 e. The lowest BCUT2D eigenvalue weighted by molar-refractivity contribution is -0.140. The van der Waals surface area contributed by atoms with Gasteiger partial charge in [0, 0.05) is 13.1 Å². The van der Waals surface area contributed by atoms with E-state index in [4.69, 9.17) is 11.6 Å². The van der Waals surface area contributed by atoms with Crippen LogP contribution in [0.1, 0.15) is 38.3 Å². The molecule has 35 heavy (non-hydrogen) atoms. The minimum absolute atomic E-state index is 0.0559. The summed E-state index contributed by atoms with van der Waals surface area (Å²) in [5.41, 5.74) is 1.83. The summed E-state index contributed by atoms with van der Waals surface area (Å²) in [6, 6.07) is 10.1. The fourth-order valence-electron chi connectivity index (χ4n) is 3.57. The molecular weight excluding hydrogens is 493 g/mol. The molecule has 0 aliphatic rings. The van der Waals surface area contributed by atoms with Gasteiger partial charge in [0.25, 0.3) is 0 Å². The van der Waals surface area contributed by atoms with Gasteiger partial charge in [-0.05, 0) is 48.6 Å². The average Bonchev–Trinajstić information content (AvgIpc) is 2.78. The Morgan fingerprint density at radius 2 is 1.80 bits per heavy atom. The summed E-state index contributed by atoms with van der Waals surface area (Å²) < 4.78 is 39.7. The molecule has 0 heterocycles. The number of halogens is 2. The smallest absolute Gasteiger partial charge is 0.244 e. The Hall–Kier alpha value is -2.65. The van der Waals surface area contributed by atoms with Crippen LogP contribution in [0.4, 0.5) is 10.1 Å². The lowest BCUT2D eigenvalue weighted by Crippen LogP contribution is -2.52. The van der Waals surface area contributed by atoms with E-state index in [0.717, 1.165) is 33.8 Å². The molecule has 0 aliphatic heterocycles. The van der Waals surface area contributed by atoms with E-state index in [0.29, 0.717) is 13.0 Å². The minimum Gasteiger partial charge on any atom is -0.354 e. The zero-order valence-electron chi connectivity index (χ0n) is 20.7. The SMILES string of the molecule is CC[C@H](C(=O)NCC(C)C)N(Cc1ccccc1C)C(=O)CN(c1ccc(F)c(Cl)c1)S(C)(=O)=O. The maximum atomic E-state index is 13.7. The van der Waals surface area contributed by atoms with Gasteiger partial charge >= 0.3 is 0 Å². The largest absolute Gasteiger partial charge is 0.354 e. The number of aryl methyl sites for hydroxylation is 1. The molecule has 0 fully saturated rings. The number of benzene rings is 2. The summed E-state index contributed by atoms with van der Waals surface area (Å²) in [6.07, 6.45) is 1.29. The van der Waals surface area contributed by atoms with Crippen molar-refractivity contribution in [2.75, 3.05) is 23.7 Å². The van der Waals surface area contributed by atoms with Crippen molar-refractivity contribution in [1.29, 1.82) is 0 Å². The highest BCUT2D eigenvalue weighted by atomic mass is 35.5. The Balaban J connectivity index is 2.45. The number of hydrogen-bond donors (Lipinski definition) is 1. The van der Waals surface area contributed by atoms with Crippen molar-refractivity contribution in [3.8, 4) is 0 Å². The number of carbonyl (C=O) groups is 2. The van der Waals surface area contributed by atoms with Crippen molar-refractivity contribution < 1.29 is 22.4 Å². The summed E-state index contributed by atoms with van der Waals surface area (Å²) in [5.74, 6) is -1.35. The molecule has 0 radical (unpaired) electrons. The Kier molecular flexibility index (Phi) is 10.1. The second-order valence-corrected chi connectivity index (χ2v) is 11.2. The van der Waals surface area contributed by atoms with E-state index in [1.54, 1.807) is 6.92 Å². The second kappa shape index (κ2) is 12.4. The molecule has 0 aliphatic carbocycles. The lowest BCUT2D eigenvalue weighted by atomic mass is 10.1. The Morgan fingerprint density at radius 1 is 1.14 bits per heavy atom. The molecule has 0 unspecified atom stereocenters. The van der Waals surface area contributed by atoms with Gasteiger partial charge in [-0.15, -0.1) is 0 Å². The van der Waals surface area contributed by atoms with Gasteiger partial charge in [-0.3, -0.25) is 13.9 Å². The van der Waals surface area contributed by atoms with Crippen molar-refractivity contribution in [2.24, 2.45) is 5.92 Å². The van der Waals surface area contributed by atoms with Crippen LogP contribution in [-0.4, -0.2) is 50.5 Å². The lowest BCUT2D eigenvalue weighted by Gasteiger charge is -2.33. The van der Waals surface area contributed by atoms with E-state index in [2.05, 4.69) is 5.32 Å². The highest BCUT2D eigenvalue weighted by molar-refractivity contribution is 7.92. The number of nitrogens with zero attached hydrogens (tertiary/aromatic N) is 2. The molecule has 0 spiro atoms. The van der Waals surface area contributed by atoms with E-state index >= 15 is 0 Å². The number of amides is 2. The van der Waals surface area contributed by atoms with Crippen molar-refractivity contribution in [1.82, 2.24) is 10.2 Å². The van der Waals surface area contributed by atoms with Gasteiger partial charge in [-0.2, -0.15) is 0 Å². The van der Waals surface area contributed by atoms with Crippen molar-refractivity contribution in [3.05, 3.63) is 64.4 Å². The molecule has 0 saturated heterocycles. The molecular formula is C25H33ClFN3O4S. The van der Waals surface area contributed by atoms with E-state index in [-0.39, 0.29) is 29.1 Å². The second-order valence-electron chi connectivity index (χ2n) is 8.88. The number of rotatable bonds is 11. The van der Waals surface area contributed by atoms with Gasteiger partial charge in [0.05, 0.1) is 17.0 Å². The first-order valence-electron chi connectivity index (χ1n) is 11.4. The average molecular weight is 526 g/mol. The molecule has 2 aromatic carbocycles. The van der Waals surface area contributed by atoms with Crippen LogP contribution in [0.15, 0.2) is 42.5 Å². The van der Waals surface area contributed by atoms with Crippen LogP contribution in [0, 0.1) is 18.7 Å². The Morgan fingerprint density at radius 3 is 2.34 bits per heavy atom. The molecule has 10 heteroatoms. The molecule has 7 nitrogen and oxygen atoms in total. The van der Waals surface area contributed by atoms with Crippen molar-refractivity contribution in [2.45, 2.75) is 46.7 Å². The van der Waals surface area contributed by atoms with Crippen molar-refractivity contribution >= 4 is 39.1 Å². The molecule has 0 bridgehead atoms. The van der Waals surface area contributed by atoms with Crippen LogP contribution in [0.2, 0.25) is 5.02 Å². The van der Waals surface area contributed by atoms with Crippen LogP contribution >= 0.6 is 11.6 Å². The molecule has 1 N–H and O–H groups in total. The summed E-state index contributed by atoms with van der Waals surface area (Å²) in [7, 11) is -3.93. The van der Waals surface area contributed by atoms with Crippen LogP contribution in [0.25, 0.3) is 0 Å². The number of hydrogen-bond acceptors (Lipinski definition) is 4. The third kappa shape index (κ3) is 7.93. The zero-order chi connectivity index (χ0) is 26.3. The Bertz CT molecular complexity index is 1160. The van der Waals surface area contributed by atoms with Crippen LogP contribution in [-0.2, 0) is 26.2 Å². The summed E-state index contributed by atoms with van der Waals surface area (Å²) >= 11 is 5.86.